The van der Waals surface area contributed by atoms with E-state index in [1.165, 1.54) is 25.1 Å². The van der Waals surface area contributed by atoms with Gasteiger partial charge in [0, 0.05) is 6.42 Å². The van der Waals surface area contributed by atoms with Gasteiger partial charge in [-0.25, -0.2) is 4.79 Å². The average Bonchev–Trinajstić information content (AvgIpc) is 2.17. The van der Waals surface area contributed by atoms with Crippen LogP contribution in [0.3, 0.4) is 0 Å². The molecule has 0 atom stereocenters. The number of carboxylic acid groups (broad SMARTS) is 1. The standard InChI is InChI=1S/C10H10F2O3/c1-2-10(11,12)15-8-5-3-4-7(6-8)9(13)14/h3-6H,2H2,1H3,(H,13,14). The van der Waals surface area contributed by atoms with E-state index in [1.54, 1.807) is 0 Å². The Morgan fingerprint density at radius 3 is 2.73 bits per heavy atom. The van der Waals surface area contributed by atoms with Gasteiger partial charge >= 0.3 is 12.1 Å². The van der Waals surface area contributed by atoms with Gasteiger partial charge in [-0.05, 0) is 18.2 Å². The number of ether oxygens (including phenoxy) is 1. The van der Waals surface area contributed by atoms with Gasteiger partial charge in [-0.15, -0.1) is 0 Å². The predicted molar refractivity (Wildman–Crippen MR) is 49.3 cm³/mol. The van der Waals surface area contributed by atoms with Crippen LogP contribution in [0.5, 0.6) is 5.75 Å². The van der Waals surface area contributed by atoms with E-state index < -0.39 is 18.5 Å². The second kappa shape index (κ2) is 4.25. The highest BCUT2D eigenvalue weighted by Gasteiger charge is 2.28. The summed E-state index contributed by atoms with van der Waals surface area (Å²) in [6.45, 7) is 1.28. The molecule has 1 aromatic rings. The number of hydrogen-bond acceptors (Lipinski definition) is 2. The summed E-state index contributed by atoms with van der Waals surface area (Å²) in [6, 6.07) is 5.01. The molecule has 1 rings (SSSR count). The number of carbonyl (C=O) groups is 1. The van der Waals surface area contributed by atoms with Crippen LogP contribution in [0.4, 0.5) is 8.78 Å². The Balaban J connectivity index is 2.87. The largest absolute Gasteiger partial charge is 0.478 e. The Hall–Kier alpha value is -1.65. The Morgan fingerprint density at radius 1 is 1.53 bits per heavy atom. The fraction of sp³-hybridized carbons (Fsp3) is 0.300. The maximum absolute atomic E-state index is 12.8. The van der Waals surface area contributed by atoms with E-state index in [2.05, 4.69) is 4.74 Å². The monoisotopic (exact) mass is 216 g/mol. The van der Waals surface area contributed by atoms with Gasteiger partial charge in [0.15, 0.2) is 0 Å². The van der Waals surface area contributed by atoms with Crippen molar-refractivity contribution in [3.8, 4) is 5.75 Å². The topological polar surface area (TPSA) is 46.5 Å². The molecule has 0 radical (unpaired) electrons. The van der Waals surface area contributed by atoms with Crippen LogP contribution in [0.1, 0.15) is 23.7 Å². The summed E-state index contributed by atoms with van der Waals surface area (Å²) in [5.41, 5.74) is -0.0839. The first-order chi connectivity index (χ1) is 6.94. The lowest BCUT2D eigenvalue weighted by atomic mass is 10.2. The third kappa shape index (κ3) is 3.19. The van der Waals surface area contributed by atoms with E-state index >= 15 is 0 Å². The first-order valence-corrected chi connectivity index (χ1v) is 4.35. The minimum Gasteiger partial charge on any atom is -0.478 e. The van der Waals surface area contributed by atoms with Crippen LogP contribution >= 0.6 is 0 Å². The number of rotatable bonds is 4. The van der Waals surface area contributed by atoms with E-state index in [0.29, 0.717) is 0 Å². The van der Waals surface area contributed by atoms with Gasteiger partial charge in [0.05, 0.1) is 5.56 Å². The summed E-state index contributed by atoms with van der Waals surface area (Å²) in [5.74, 6) is -1.33. The molecule has 0 saturated carbocycles. The smallest absolute Gasteiger partial charge is 0.397 e. The van der Waals surface area contributed by atoms with Gasteiger partial charge in [0.1, 0.15) is 5.75 Å². The number of hydrogen-bond donors (Lipinski definition) is 1. The van der Waals surface area contributed by atoms with Gasteiger partial charge in [-0.1, -0.05) is 13.0 Å². The summed E-state index contributed by atoms with van der Waals surface area (Å²) >= 11 is 0. The molecule has 1 aromatic carbocycles. The SMILES string of the molecule is CCC(F)(F)Oc1cccc(C(=O)O)c1. The van der Waals surface area contributed by atoms with E-state index in [4.69, 9.17) is 5.11 Å². The fourth-order valence-electron chi connectivity index (χ4n) is 0.937. The van der Waals surface area contributed by atoms with Crippen molar-refractivity contribution in [2.45, 2.75) is 19.5 Å². The number of carboxylic acids is 1. The summed E-state index contributed by atoms with van der Waals surface area (Å²) in [7, 11) is 0. The van der Waals surface area contributed by atoms with Crippen molar-refractivity contribution < 1.29 is 23.4 Å². The zero-order valence-electron chi connectivity index (χ0n) is 8.04. The molecule has 0 amide bonds. The van der Waals surface area contributed by atoms with Crippen LogP contribution in [0.15, 0.2) is 24.3 Å². The summed E-state index contributed by atoms with van der Waals surface area (Å²) < 4.78 is 29.9. The molecule has 0 aliphatic rings. The Morgan fingerprint density at radius 2 is 2.20 bits per heavy atom. The van der Waals surface area contributed by atoms with Gasteiger partial charge in [-0.2, -0.15) is 8.78 Å². The van der Waals surface area contributed by atoms with Crippen molar-refractivity contribution >= 4 is 5.97 Å². The van der Waals surface area contributed by atoms with E-state index in [1.807, 2.05) is 0 Å². The number of alkyl halides is 2. The molecule has 0 aliphatic heterocycles. The molecule has 0 aliphatic carbocycles. The molecule has 0 saturated heterocycles. The fourth-order valence-corrected chi connectivity index (χ4v) is 0.937. The Kier molecular flexibility index (Phi) is 3.24. The lowest BCUT2D eigenvalue weighted by molar-refractivity contribution is -0.177. The number of halogens is 2. The third-order valence-corrected chi connectivity index (χ3v) is 1.76. The maximum atomic E-state index is 12.8. The summed E-state index contributed by atoms with van der Waals surface area (Å²) in [4.78, 5) is 10.5. The van der Waals surface area contributed by atoms with Crippen molar-refractivity contribution in [3.63, 3.8) is 0 Å². The molecule has 1 N–H and O–H groups in total. The molecule has 0 aromatic heterocycles. The molecule has 15 heavy (non-hydrogen) atoms. The van der Waals surface area contributed by atoms with Crippen LogP contribution in [0.25, 0.3) is 0 Å². The second-order valence-electron chi connectivity index (χ2n) is 2.93. The van der Waals surface area contributed by atoms with Gasteiger partial charge in [0.25, 0.3) is 0 Å². The highest BCUT2D eigenvalue weighted by atomic mass is 19.3. The molecule has 82 valence electrons. The van der Waals surface area contributed by atoms with E-state index in [-0.39, 0.29) is 11.3 Å². The number of aromatic carboxylic acids is 1. The zero-order valence-corrected chi connectivity index (χ0v) is 8.04. The highest BCUT2D eigenvalue weighted by molar-refractivity contribution is 5.87. The quantitative estimate of drug-likeness (QED) is 0.841. The normalized spacial score (nSPS) is 11.1. The van der Waals surface area contributed by atoms with Gasteiger partial charge in [-0.3, -0.25) is 0 Å². The molecule has 0 fully saturated rings. The summed E-state index contributed by atoms with van der Waals surface area (Å²) in [6.07, 6.45) is -3.73. The molecule has 5 heteroatoms. The minimum absolute atomic E-state index is 0.0839. The third-order valence-electron chi connectivity index (χ3n) is 1.76. The molecule has 0 heterocycles. The van der Waals surface area contributed by atoms with Gasteiger partial charge < -0.3 is 9.84 Å². The molecule has 0 bridgehead atoms. The maximum Gasteiger partial charge on any atom is 0.397 e. The Labute approximate surface area is 85.3 Å². The zero-order chi connectivity index (χ0) is 11.5. The minimum atomic E-state index is -3.27. The van der Waals surface area contributed by atoms with Crippen molar-refractivity contribution in [1.29, 1.82) is 0 Å². The lowest BCUT2D eigenvalue weighted by Crippen LogP contribution is -2.23. The van der Waals surface area contributed by atoms with Gasteiger partial charge in [0.2, 0.25) is 0 Å². The van der Waals surface area contributed by atoms with Crippen LogP contribution in [-0.2, 0) is 0 Å². The van der Waals surface area contributed by atoms with Crippen molar-refractivity contribution in [2.75, 3.05) is 0 Å². The van der Waals surface area contributed by atoms with Crippen molar-refractivity contribution in [1.82, 2.24) is 0 Å². The molecule has 3 nitrogen and oxygen atoms in total. The first kappa shape index (κ1) is 11.4. The molecule has 0 spiro atoms. The second-order valence-corrected chi connectivity index (χ2v) is 2.93. The first-order valence-electron chi connectivity index (χ1n) is 4.35. The summed E-state index contributed by atoms with van der Waals surface area (Å²) in [5, 5.41) is 8.62. The highest BCUT2D eigenvalue weighted by Crippen LogP contribution is 2.24. The van der Waals surface area contributed by atoms with Crippen LogP contribution in [0.2, 0.25) is 0 Å². The van der Waals surface area contributed by atoms with Crippen LogP contribution in [0, 0.1) is 0 Å². The lowest BCUT2D eigenvalue weighted by Gasteiger charge is -2.15. The van der Waals surface area contributed by atoms with E-state index in [9.17, 15) is 13.6 Å². The van der Waals surface area contributed by atoms with Crippen molar-refractivity contribution in [2.24, 2.45) is 0 Å². The number of benzene rings is 1. The van der Waals surface area contributed by atoms with Crippen molar-refractivity contribution in [3.05, 3.63) is 29.8 Å². The van der Waals surface area contributed by atoms with E-state index in [0.717, 1.165) is 6.07 Å². The molecule has 0 unspecified atom stereocenters. The molecular formula is C10H10F2O3. The average molecular weight is 216 g/mol. The van der Waals surface area contributed by atoms with Crippen LogP contribution < -0.4 is 4.74 Å². The predicted octanol–water partition coefficient (Wildman–Crippen LogP) is 2.77. The van der Waals surface area contributed by atoms with Crippen LogP contribution in [-0.4, -0.2) is 17.2 Å². The molecular weight excluding hydrogens is 206 g/mol. The Bertz CT molecular complexity index is 363.